The molecule has 0 unspecified atom stereocenters. The van der Waals surface area contributed by atoms with E-state index in [2.05, 4.69) is 10.6 Å². The summed E-state index contributed by atoms with van der Waals surface area (Å²) >= 11 is 1.98. The highest BCUT2D eigenvalue weighted by Gasteiger charge is 2.44. The van der Waals surface area contributed by atoms with E-state index in [4.69, 9.17) is 18.9 Å². The molecule has 1 rings (SSSR count). The van der Waals surface area contributed by atoms with Crippen LogP contribution in [0.2, 0.25) is 0 Å². The number of alkyl carbamates (subject to hydrolysis) is 1. The molecule has 4 atom stereocenters. The van der Waals surface area contributed by atoms with Crippen LogP contribution in [0.3, 0.4) is 0 Å². The van der Waals surface area contributed by atoms with Crippen LogP contribution in [0.25, 0.3) is 0 Å². The minimum absolute atomic E-state index is 0.00489. The fourth-order valence-corrected chi connectivity index (χ4v) is 5.81. The first-order valence-electron chi connectivity index (χ1n) is 11.4. The number of carbonyl (C=O) groups is 6. The zero-order chi connectivity index (χ0) is 28.6. The van der Waals surface area contributed by atoms with E-state index in [9.17, 15) is 28.8 Å². The van der Waals surface area contributed by atoms with Crippen LogP contribution < -0.4 is 10.6 Å². The number of esters is 3. The Kier molecular flexibility index (Phi) is 12.2. The number of imide groups is 1. The molecular formula is C23H36N2O10S2. The Labute approximate surface area is 225 Å². The van der Waals surface area contributed by atoms with E-state index in [-0.39, 0.29) is 17.9 Å². The summed E-state index contributed by atoms with van der Waals surface area (Å²) in [5.41, 5.74) is -1.54. The standard InChI is InChI=1S/C23H36N2O10S2/c1-22(2,3)34-14(26)9-12(19(29)32-7)10-36-15-16(18(28)25-17(15)27)37-11-13(20(30)33-8)24-21(31)35-23(4,5)6/h12-13,15-16H,9-11H2,1-8H3,(H,24,31)(H,25,27,28)/t12-,13-,15-,16-/m0/s1. The van der Waals surface area contributed by atoms with Crippen molar-refractivity contribution in [2.24, 2.45) is 5.92 Å². The molecule has 0 aliphatic carbocycles. The number of methoxy groups -OCH3 is 2. The number of nitrogens with one attached hydrogen (secondary N) is 2. The van der Waals surface area contributed by atoms with Gasteiger partial charge < -0.3 is 24.3 Å². The van der Waals surface area contributed by atoms with Gasteiger partial charge >= 0.3 is 24.0 Å². The van der Waals surface area contributed by atoms with E-state index in [1.54, 1.807) is 41.5 Å². The Morgan fingerprint density at radius 2 is 1.32 bits per heavy atom. The van der Waals surface area contributed by atoms with Crippen molar-refractivity contribution >= 4 is 59.3 Å². The van der Waals surface area contributed by atoms with Crippen LogP contribution in [0.1, 0.15) is 48.0 Å². The molecule has 12 nitrogen and oxygen atoms in total. The van der Waals surface area contributed by atoms with Crippen molar-refractivity contribution < 1.29 is 47.7 Å². The van der Waals surface area contributed by atoms with Crippen molar-refractivity contribution in [2.75, 3.05) is 25.7 Å². The molecule has 1 heterocycles. The zero-order valence-electron chi connectivity index (χ0n) is 22.3. The van der Waals surface area contributed by atoms with Gasteiger partial charge in [-0.1, -0.05) is 0 Å². The molecule has 2 N–H and O–H groups in total. The summed E-state index contributed by atoms with van der Waals surface area (Å²) in [4.78, 5) is 73.8. The average molecular weight is 565 g/mol. The average Bonchev–Trinajstić information content (AvgIpc) is 3.02. The summed E-state index contributed by atoms with van der Waals surface area (Å²) in [6.07, 6.45) is -1.11. The summed E-state index contributed by atoms with van der Waals surface area (Å²) in [5, 5.41) is 2.81. The van der Waals surface area contributed by atoms with Crippen LogP contribution in [0.5, 0.6) is 0 Å². The number of rotatable bonds is 11. The lowest BCUT2D eigenvalue weighted by Crippen LogP contribution is -2.46. The van der Waals surface area contributed by atoms with Gasteiger partial charge in [0.05, 0.1) is 26.6 Å². The van der Waals surface area contributed by atoms with Gasteiger partial charge in [0.1, 0.15) is 27.7 Å². The third kappa shape index (κ3) is 11.6. The minimum Gasteiger partial charge on any atom is -0.469 e. The van der Waals surface area contributed by atoms with Crippen molar-refractivity contribution in [2.45, 2.75) is 75.7 Å². The highest BCUT2D eigenvalue weighted by molar-refractivity contribution is 8.04. The minimum atomic E-state index is -1.14. The number of amides is 3. The number of hydrogen-bond donors (Lipinski definition) is 2. The molecule has 1 fully saturated rings. The molecule has 1 aliphatic heterocycles. The van der Waals surface area contributed by atoms with Gasteiger partial charge in [0.15, 0.2) is 0 Å². The van der Waals surface area contributed by atoms with Gasteiger partial charge in [0, 0.05) is 11.5 Å². The Morgan fingerprint density at radius 3 is 1.78 bits per heavy atom. The first kappa shape index (κ1) is 32.5. The van der Waals surface area contributed by atoms with Crippen LogP contribution in [0.4, 0.5) is 4.79 Å². The van der Waals surface area contributed by atoms with Gasteiger partial charge in [0.25, 0.3) is 0 Å². The number of hydrogen-bond acceptors (Lipinski definition) is 12. The van der Waals surface area contributed by atoms with Crippen molar-refractivity contribution in [1.29, 1.82) is 0 Å². The van der Waals surface area contributed by atoms with Crippen molar-refractivity contribution in [1.82, 2.24) is 10.6 Å². The van der Waals surface area contributed by atoms with E-state index in [0.29, 0.717) is 0 Å². The lowest BCUT2D eigenvalue weighted by molar-refractivity contribution is -0.160. The molecule has 1 saturated heterocycles. The number of thioether (sulfide) groups is 2. The second kappa shape index (κ2) is 13.9. The summed E-state index contributed by atoms with van der Waals surface area (Å²) in [6, 6.07) is -1.14. The molecule has 0 radical (unpaired) electrons. The Balaban J connectivity index is 2.90. The largest absolute Gasteiger partial charge is 0.469 e. The smallest absolute Gasteiger partial charge is 0.408 e. The third-order valence-electron chi connectivity index (χ3n) is 4.50. The molecule has 0 aromatic rings. The maximum atomic E-state index is 12.5. The van der Waals surface area contributed by atoms with Crippen LogP contribution in [-0.4, -0.2) is 89.3 Å². The predicted molar refractivity (Wildman–Crippen MR) is 137 cm³/mol. The monoisotopic (exact) mass is 564 g/mol. The Morgan fingerprint density at radius 1 is 0.838 bits per heavy atom. The second-order valence-corrected chi connectivity index (χ2v) is 12.4. The van der Waals surface area contributed by atoms with Gasteiger partial charge in [-0.15, -0.1) is 23.5 Å². The first-order chi connectivity index (χ1) is 17.0. The topological polar surface area (TPSA) is 163 Å². The van der Waals surface area contributed by atoms with E-state index in [1.165, 1.54) is 7.11 Å². The molecule has 37 heavy (non-hydrogen) atoms. The predicted octanol–water partition coefficient (Wildman–Crippen LogP) is 1.43. The summed E-state index contributed by atoms with van der Waals surface area (Å²) in [6.45, 7) is 10.1. The van der Waals surface area contributed by atoms with Gasteiger partial charge in [-0.2, -0.15) is 0 Å². The summed E-state index contributed by atoms with van der Waals surface area (Å²) in [5.74, 6) is -4.14. The van der Waals surface area contributed by atoms with Crippen LogP contribution in [0, 0.1) is 5.92 Å². The molecule has 0 spiro atoms. The van der Waals surface area contributed by atoms with Gasteiger partial charge in [-0.25, -0.2) is 9.59 Å². The third-order valence-corrected chi connectivity index (χ3v) is 7.49. The van der Waals surface area contributed by atoms with E-state index >= 15 is 0 Å². The Hall–Kier alpha value is -2.48. The maximum absolute atomic E-state index is 12.5. The highest BCUT2D eigenvalue weighted by Crippen LogP contribution is 2.32. The fraction of sp³-hybridized carbons (Fsp3) is 0.739. The highest BCUT2D eigenvalue weighted by atomic mass is 32.2. The lowest BCUT2D eigenvalue weighted by Gasteiger charge is -2.24. The molecule has 3 amide bonds. The molecule has 210 valence electrons. The molecule has 0 saturated carbocycles. The maximum Gasteiger partial charge on any atom is 0.408 e. The summed E-state index contributed by atoms with van der Waals surface area (Å²) in [7, 11) is 2.34. The van der Waals surface area contributed by atoms with E-state index in [1.807, 2.05) is 0 Å². The number of carbonyl (C=O) groups excluding carboxylic acids is 6. The van der Waals surface area contributed by atoms with Crippen LogP contribution >= 0.6 is 23.5 Å². The van der Waals surface area contributed by atoms with Gasteiger partial charge in [-0.3, -0.25) is 24.5 Å². The van der Waals surface area contributed by atoms with Crippen molar-refractivity contribution in [3.63, 3.8) is 0 Å². The quantitative estimate of drug-likeness (QED) is 0.211. The second-order valence-electron chi connectivity index (χ2n) is 10.1. The van der Waals surface area contributed by atoms with Gasteiger partial charge in [0.2, 0.25) is 11.8 Å². The Bertz CT molecular complexity index is 812. The van der Waals surface area contributed by atoms with Crippen molar-refractivity contribution in [3.8, 4) is 0 Å². The lowest BCUT2D eigenvalue weighted by atomic mass is 10.1. The molecule has 1 aliphatic rings. The molecular weight excluding hydrogens is 528 g/mol. The molecule has 14 heteroatoms. The normalized spacial score (nSPS) is 19.4. The van der Waals surface area contributed by atoms with Crippen LogP contribution in [-0.2, 0) is 42.9 Å². The SMILES string of the molecule is COC(=O)[C@H](CS[C@@H]1C(=O)NC(=O)[C@H]1SC[C@H](NC(=O)OC(C)(C)C)C(=O)OC)CC(=O)OC(C)(C)C. The van der Waals surface area contributed by atoms with Crippen molar-refractivity contribution in [3.05, 3.63) is 0 Å². The molecule has 0 aromatic carbocycles. The molecule has 0 bridgehead atoms. The van der Waals surface area contributed by atoms with E-state index < -0.39 is 69.5 Å². The first-order valence-corrected chi connectivity index (χ1v) is 13.5. The zero-order valence-corrected chi connectivity index (χ0v) is 24.0. The summed E-state index contributed by atoms with van der Waals surface area (Å²) < 4.78 is 20.0. The van der Waals surface area contributed by atoms with Gasteiger partial charge in [-0.05, 0) is 41.5 Å². The number of ether oxygens (including phenoxy) is 4. The van der Waals surface area contributed by atoms with E-state index in [0.717, 1.165) is 30.6 Å². The molecule has 0 aromatic heterocycles. The fourth-order valence-electron chi connectivity index (χ4n) is 3.01. The van der Waals surface area contributed by atoms with Crippen LogP contribution in [0.15, 0.2) is 0 Å².